The molecule has 0 spiro atoms. The van der Waals surface area contributed by atoms with Gasteiger partial charge in [-0.3, -0.25) is 4.79 Å². The first-order valence-electron chi connectivity index (χ1n) is 7.41. The van der Waals surface area contributed by atoms with Gasteiger partial charge in [0.15, 0.2) is 11.5 Å². The molecule has 0 saturated heterocycles. The highest BCUT2D eigenvalue weighted by atomic mass is 16.2. The summed E-state index contributed by atoms with van der Waals surface area (Å²) in [6.07, 6.45) is 6.15. The van der Waals surface area contributed by atoms with E-state index >= 15 is 0 Å². The number of rotatable bonds is 4. The van der Waals surface area contributed by atoms with Gasteiger partial charge in [-0.25, -0.2) is 14.6 Å². The summed E-state index contributed by atoms with van der Waals surface area (Å²) in [5, 5.41) is 15.1. The van der Waals surface area contributed by atoms with Crippen LogP contribution in [0.2, 0.25) is 0 Å². The summed E-state index contributed by atoms with van der Waals surface area (Å²) >= 11 is 0. The fraction of sp³-hybridized carbons (Fsp3) is 0. The van der Waals surface area contributed by atoms with Gasteiger partial charge >= 0.3 is 0 Å². The summed E-state index contributed by atoms with van der Waals surface area (Å²) in [5.74, 6) is 0.482. The molecule has 0 unspecified atom stereocenters. The van der Waals surface area contributed by atoms with Crippen molar-refractivity contribution in [2.24, 2.45) is 0 Å². The van der Waals surface area contributed by atoms with Gasteiger partial charge in [0.25, 0.3) is 5.91 Å². The second-order valence-corrected chi connectivity index (χ2v) is 5.02. The molecular weight excluding hydrogens is 320 g/mol. The van der Waals surface area contributed by atoms with Crippen molar-refractivity contribution in [2.45, 2.75) is 0 Å². The maximum Gasteiger partial charge on any atom is 0.279 e. The molecule has 0 atom stereocenters. The third kappa shape index (κ3) is 3.11. The number of anilines is 1. The van der Waals surface area contributed by atoms with Gasteiger partial charge in [0, 0.05) is 18.5 Å². The van der Waals surface area contributed by atoms with Gasteiger partial charge in [0.05, 0.1) is 11.9 Å². The molecule has 1 amide bonds. The highest BCUT2D eigenvalue weighted by molar-refractivity contribution is 6.02. The Balaban J connectivity index is 1.53. The monoisotopic (exact) mass is 332 g/mol. The van der Waals surface area contributed by atoms with E-state index in [0.29, 0.717) is 11.6 Å². The van der Waals surface area contributed by atoms with Crippen LogP contribution in [-0.4, -0.2) is 40.6 Å². The number of hydrogen-bond acceptors (Lipinski definition) is 6. The largest absolute Gasteiger partial charge is 0.305 e. The molecule has 0 saturated carbocycles. The molecule has 0 bridgehead atoms. The van der Waals surface area contributed by atoms with E-state index in [9.17, 15) is 4.79 Å². The standard InChI is InChI=1S/C16H12N8O/c25-16(13-10-20-24(22-13)12-5-2-1-3-6-12)21-14-9-15(18-11-17-14)23-8-4-7-19-23/h1-11H,(H,17,18,21,25). The van der Waals surface area contributed by atoms with Crippen LogP contribution in [0.1, 0.15) is 10.5 Å². The van der Waals surface area contributed by atoms with Gasteiger partial charge in [0.1, 0.15) is 12.1 Å². The molecule has 0 fully saturated rings. The van der Waals surface area contributed by atoms with E-state index in [-0.39, 0.29) is 5.69 Å². The Morgan fingerprint density at radius 1 is 1.04 bits per heavy atom. The van der Waals surface area contributed by atoms with Crippen molar-refractivity contribution >= 4 is 11.7 Å². The summed E-state index contributed by atoms with van der Waals surface area (Å²) in [5.41, 5.74) is 0.952. The van der Waals surface area contributed by atoms with E-state index in [1.54, 1.807) is 29.2 Å². The second kappa shape index (κ2) is 6.32. The Kier molecular flexibility index (Phi) is 3.71. The molecule has 1 aromatic carbocycles. The minimum atomic E-state index is -0.410. The Hall–Kier alpha value is -3.88. The Bertz CT molecular complexity index is 994. The zero-order chi connectivity index (χ0) is 17.1. The van der Waals surface area contributed by atoms with Gasteiger partial charge in [-0.2, -0.15) is 15.0 Å². The highest BCUT2D eigenvalue weighted by Crippen LogP contribution is 2.10. The summed E-state index contributed by atoms with van der Waals surface area (Å²) in [6.45, 7) is 0. The second-order valence-electron chi connectivity index (χ2n) is 5.02. The van der Waals surface area contributed by atoms with Crippen LogP contribution in [0.3, 0.4) is 0 Å². The van der Waals surface area contributed by atoms with Crippen LogP contribution in [0.5, 0.6) is 0 Å². The lowest BCUT2D eigenvalue weighted by atomic mass is 10.3. The first-order valence-corrected chi connectivity index (χ1v) is 7.41. The molecule has 122 valence electrons. The average Bonchev–Trinajstić information content (AvgIpc) is 3.35. The number of nitrogens with one attached hydrogen (secondary N) is 1. The normalized spacial score (nSPS) is 10.6. The van der Waals surface area contributed by atoms with E-state index in [1.165, 1.54) is 17.3 Å². The predicted octanol–water partition coefficient (Wildman–Crippen LogP) is 1.50. The van der Waals surface area contributed by atoms with Crippen molar-refractivity contribution in [3.63, 3.8) is 0 Å². The molecule has 9 heteroatoms. The fourth-order valence-corrected chi connectivity index (χ4v) is 2.18. The molecule has 4 rings (SSSR count). The zero-order valence-electron chi connectivity index (χ0n) is 12.9. The number of para-hydroxylation sites is 1. The lowest BCUT2D eigenvalue weighted by Crippen LogP contribution is -2.15. The number of amides is 1. The van der Waals surface area contributed by atoms with Crippen LogP contribution in [0, 0.1) is 0 Å². The molecule has 1 N–H and O–H groups in total. The topological polar surface area (TPSA) is 103 Å². The molecule has 3 aromatic heterocycles. The lowest BCUT2D eigenvalue weighted by Gasteiger charge is -2.04. The van der Waals surface area contributed by atoms with Gasteiger partial charge in [0.2, 0.25) is 0 Å². The minimum absolute atomic E-state index is 0.183. The smallest absolute Gasteiger partial charge is 0.279 e. The number of benzene rings is 1. The molecule has 0 radical (unpaired) electrons. The molecular formula is C16H12N8O. The molecule has 0 aliphatic rings. The van der Waals surface area contributed by atoms with Crippen LogP contribution in [0.15, 0.2) is 67.4 Å². The zero-order valence-corrected chi connectivity index (χ0v) is 12.9. The fourth-order valence-electron chi connectivity index (χ4n) is 2.18. The molecule has 25 heavy (non-hydrogen) atoms. The highest BCUT2D eigenvalue weighted by Gasteiger charge is 2.13. The van der Waals surface area contributed by atoms with Crippen molar-refractivity contribution in [2.75, 3.05) is 5.32 Å². The van der Waals surface area contributed by atoms with Crippen LogP contribution >= 0.6 is 0 Å². The lowest BCUT2D eigenvalue weighted by molar-refractivity contribution is 0.102. The third-order valence-corrected chi connectivity index (χ3v) is 3.34. The summed E-state index contributed by atoms with van der Waals surface area (Å²) in [4.78, 5) is 21.9. The average molecular weight is 332 g/mol. The SMILES string of the molecule is O=C(Nc1cc(-n2cccn2)ncn1)c1cnn(-c2ccccc2)n1. The third-order valence-electron chi connectivity index (χ3n) is 3.34. The summed E-state index contributed by atoms with van der Waals surface area (Å²) < 4.78 is 1.57. The predicted molar refractivity (Wildman–Crippen MR) is 88.5 cm³/mol. The van der Waals surface area contributed by atoms with E-state index in [1.807, 2.05) is 30.3 Å². The Labute approximate surface area is 142 Å². The number of carbonyl (C=O) groups excluding carboxylic acids is 1. The van der Waals surface area contributed by atoms with Gasteiger partial charge in [-0.1, -0.05) is 18.2 Å². The van der Waals surface area contributed by atoms with E-state index in [0.717, 1.165) is 5.69 Å². The first-order chi connectivity index (χ1) is 12.3. The number of hydrogen-bond donors (Lipinski definition) is 1. The number of nitrogens with zero attached hydrogens (tertiary/aromatic N) is 7. The van der Waals surface area contributed by atoms with Gasteiger partial charge in [-0.05, 0) is 18.2 Å². The van der Waals surface area contributed by atoms with E-state index < -0.39 is 5.91 Å². The van der Waals surface area contributed by atoms with Crippen molar-refractivity contribution in [1.82, 2.24) is 34.7 Å². The molecule has 0 aliphatic carbocycles. The molecule has 3 heterocycles. The van der Waals surface area contributed by atoms with Crippen molar-refractivity contribution < 1.29 is 4.79 Å². The van der Waals surface area contributed by atoms with Crippen molar-refractivity contribution in [1.29, 1.82) is 0 Å². The van der Waals surface area contributed by atoms with Crippen LogP contribution in [0.25, 0.3) is 11.5 Å². The van der Waals surface area contributed by atoms with Gasteiger partial charge < -0.3 is 5.32 Å². The van der Waals surface area contributed by atoms with Crippen LogP contribution in [0.4, 0.5) is 5.82 Å². The van der Waals surface area contributed by atoms with Crippen molar-refractivity contribution in [3.05, 3.63) is 73.1 Å². The summed E-state index contributed by atoms with van der Waals surface area (Å²) in [7, 11) is 0. The quantitative estimate of drug-likeness (QED) is 0.607. The molecule has 9 nitrogen and oxygen atoms in total. The summed E-state index contributed by atoms with van der Waals surface area (Å²) in [6, 6.07) is 12.7. The van der Waals surface area contributed by atoms with E-state index in [2.05, 4.69) is 30.6 Å². The van der Waals surface area contributed by atoms with Crippen LogP contribution < -0.4 is 5.32 Å². The van der Waals surface area contributed by atoms with E-state index in [4.69, 9.17) is 0 Å². The van der Waals surface area contributed by atoms with Gasteiger partial charge in [-0.15, -0.1) is 5.10 Å². The maximum absolute atomic E-state index is 12.3. The molecule has 0 aliphatic heterocycles. The Morgan fingerprint density at radius 2 is 1.92 bits per heavy atom. The van der Waals surface area contributed by atoms with Crippen LogP contribution in [-0.2, 0) is 0 Å². The molecule has 4 aromatic rings. The Morgan fingerprint density at radius 3 is 2.72 bits per heavy atom. The maximum atomic E-state index is 12.3. The number of aromatic nitrogens is 7. The number of carbonyl (C=O) groups is 1. The first kappa shape index (κ1) is 14.7. The van der Waals surface area contributed by atoms with Crippen molar-refractivity contribution in [3.8, 4) is 11.5 Å². The minimum Gasteiger partial charge on any atom is -0.305 e.